The molecule has 3 aromatic rings. The Kier molecular flexibility index (Phi) is 5.58. The van der Waals surface area contributed by atoms with Crippen LogP contribution >= 0.6 is 0 Å². The highest BCUT2D eigenvalue weighted by molar-refractivity contribution is 5.56. The molecular weight excluding hydrogens is 407 g/mol. The minimum absolute atomic E-state index is 0.276. The van der Waals surface area contributed by atoms with Crippen molar-refractivity contribution < 1.29 is 17.9 Å². The maximum Gasteiger partial charge on any atom is 0.416 e. The predicted octanol–water partition coefficient (Wildman–Crippen LogP) is 4.47. The molecule has 0 bridgehead atoms. The summed E-state index contributed by atoms with van der Waals surface area (Å²) in [5, 5.41) is 0. The van der Waals surface area contributed by atoms with Gasteiger partial charge in [0.25, 0.3) is 5.56 Å². The molecule has 1 aromatic heterocycles. The second kappa shape index (κ2) is 8.19. The van der Waals surface area contributed by atoms with E-state index in [1.54, 1.807) is 0 Å². The first kappa shape index (κ1) is 21.1. The maximum atomic E-state index is 12.8. The maximum absolute atomic E-state index is 12.8. The first-order chi connectivity index (χ1) is 14.7. The van der Waals surface area contributed by atoms with Crippen molar-refractivity contribution in [1.82, 2.24) is 14.9 Å². The van der Waals surface area contributed by atoms with Gasteiger partial charge in [-0.15, -0.1) is 0 Å². The smallest absolute Gasteiger partial charge is 0.416 e. The van der Waals surface area contributed by atoms with Crippen molar-refractivity contribution in [2.45, 2.75) is 33.0 Å². The van der Waals surface area contributed by atoms with E-state index in [2.05, 4.69) is 9.97 Å². The van der Waals surface area contributed by atoms with Gasteiger partial charge in [-0.2, -0.15) is 13.2 Å². The SMILES string of the molecule is Cc1cccc(OCN2CCc3nc(-c4ccc(C(F)(F)F)cc4)[nH]c(=O)c3C2)c1C. The van der Waals surface area contributed by atoms with Gasteiger partial charge in [0.2, 0.25) is 0 Å². The van der Waals surface area contributed by atoms with Crippen LogP contribution in [0.1, 0.15) is 27.9 Å². The molecule has 0 unspecified atom stereocenters. The minimum Gasteiger partial charge on any atom is -0.478 e. The molecule has 162 valence electrons. The number of hydrogen-bond donors (Lipinski definition) is 1. The Morgan fingerprint density at radius 3 is 2.58 bits per heavy atom. The van der Waals surface area contributed by atoms with Gasteiger partial charge < -0.3 is 9.72 Å². The number of aryl methyl sites for hydroxylation is 1. The minimum atomic E-state index is -4.41. The van der Waals surface area contributed by atoms with Crippen molar-refractivity contribution >= 4 is 0 Å². The molecule has 1 N–H and O–H groups in total. The number of nitrogens with one attached hydrogen (secondary N) is 1. The Morgan fingerprint density at radius 1 is 1.13 bits per heavy atom. The fraction of sp³-hybridized carbons (Fsp3) is 0.304. The average Bonchev–Trinajstić information content (AvgIpc) is 2.74. The number of aromatic amines is 1. The number of ether oxygens (including phenoxy) is 1. The van der Waals surface area contributed by atoms with Gasteiger partial charge in [-0.05, 0) is 43.2 Å². The lowest BCUT2D eigenvalue weighted by atomic mass is 10.1. The van der Waals surface area contributed by atoms with E-state index in [0.717, 1.165) is 29.0 Å². The molecule has 2 heterocycles. The number of rotatable bonds is 4. The Labute approximate surface area is 177 Å². The topological polar surface area (TPSA) is 58.2 Å². The van der Waals surface area contributed by atoms with E-state index in [1.807, 2.05) is 36.9 Å². The zero-order chi connectivity index (χ0) is 22.2. The lowest BCUT2D eigenvalue weighted by molar-refractivity contribution is -0.137. The van der Waals surface area contributed by atoms with Crippen LogP contribution in [0.25, 0.3) is 11.4 Å². The zero-order valence-electron chi connectivity index (χ0n) is 17.2. The Hall–Kier alpha value is -3.13. The molecule has 1 aliphatic heterocycles. The molecule has 2 aromatic carbocycles. The average molecular weight is 429 g/mol. The molecular formula is C23H22F3N3O2. The van der Waals surface area contributed by atoms with Crippen molar-refractivity contribution in [2.75, 3.05) is 13.3 Å². The Bertz CT molecular complexity index is 1150. The van der Waals surface area contributed by atoms with Gasteiger partial charge >= 0.3 is 6.18 Å². The summed E-state index contributed by atoms with van der Waals surface area (Å²) >= 11 is 0. The summed E-state index contributed by atoms with van der Waals surface area (Å²) in [6.45, 7) is 5.45. The van der Waals surface area contributed by atoms with Crippen molar-refractivity contribution in [2.24, 2.45) is 0 Å². The molecule has 31 heavy (non-hydrogen) atoms. The number of fused-ring (bicyclic) bond motifs is 1. The van der Waals surface area contributed by atoms with Crippen LogP contribution < -0.4 is 10.3 Å². The largest absolute Gasteiger partial charge is 0.478 e. The van der Waals surface area contributed by atoms with Crippen LogP contribution in [0.3, 0.4) is 0 Å². The molecule has 0 amide bonds. The predicted molar refractivity (Wildman–Crippen MR) is 111 cm³/mol. The first-order valence-corrected chi connectivity index (χ1v) is 9.93. The summed E-state index contributed by atoms with van der Waals surface area (Å²) in [5.41, 5.74) is 2.88. The molecule has 0 fully saturated rings. The van der Waals surface area contributed by atoms with Crippen LogP contribution in [0, 0.1) is 13.8 Å². The van der Waals surface area contributed by atoms with Crippen LogP contribution in [0.4, 0.5) is 13.2 Å². The van der Waals surface area contributed by atoms with Crippen molar-refractivity contribution in [3.63, 3.8) is 0 Å². The standard InChI is InChI=1S/C23H22F3N3O2/c1-14-4-3-5-20(15(14)2)31-13-29-11-10-19-18(12-29)22(30)28-21(27-19)16-6-8-17(9-7-16)23(24,25)26/h3-9H,10-13H2,1-2H3,(H,27,28,30). The van der Waals surface area contributed by atoms with Crippen molar-refractivity contribution in [1.29, 1.82) is 0 Å². The van der Waals surface area contributed by atoms with Gasteiger partial charge in [0, 0.05) is 25.1 Å². The van der Waals surface area contributed by atoms with Crippen LogP contribution in [-0.4, -0.2) is 28.1 Å². The lowest BCUT2D eigenvalue weighted by Crippen LogP contribution is -2.38. The normalized spacial score (nSPS) is 14.4. The van der Waals surface area contributed by atoms with E-state index in [4.69, 9.17) is 4.74 Å². The second-order valence-electron chi connectivity index (χ2n) is 7.69. The Morgan fingerprint density at radius 2 is 1.87 bits per heavy atom. The monoisotopic (exact) mass is 429 g/mol. The summed E-state index contributed by atoms with van der Waals surface area (Å²) in [6.07, 6.45) is -3.85. The zero-order valence-corrected chi connectivity index (χ0v) is 17.2. The molecule has 1 aliphatic rings. The molecule has 4 rings (SSSR count). The van der Waals surface area contributed by atoms with E-state index in [9.17, 15) is 18.0 Å². The number of aromatic nitrogens is 2. The molecule has 0 atom stereocenters. The summed E-state index contributed by atoms with van der Waals surface area (Å²) in [4.78, 5) is 21.9. The summed E-state index contributed by atoms with van der Waals surface area (Å²) < 4.78 is 44.3. The highest BCUT2D eigenvalue weighted by Gasteiger charge is 2.30. The van der Waals surface area contributed by atoms with E-state index < -0.39 is 11.7 Å². The summed E-state index contributed by atoms with van der Waals surface area (Å²) in [7, 11) is 0. The fourth-order valence-corrected chi connectivity index (χ4v) is 3.59. The van der Waals surface area contributed by atoms with Gasteiger partial charge in [0.05, 0.1) is 16.8 Å². The van der Waals surface area contributed by atoms with Crippen LogP contribution in [0.2, 0.25) is 0 Å². The molecule has 0 radical (unpaired) electrons. The van der Waals surface area contributed by atoms with Crippen LogP contribution in [0.5, 0.6) is 5.75 Å². The quantitative estimate of drug-likeness (QED) is 0.665. The summed E-state index contributed by atoms with van der Waals surface area (Å²) in [5.74, 6) is 1.09. The van der Waals surface area contributed by atoms with Gasteiger partial charge in [-0.3, -0.25) is 9.69 Å². The molecule has 0 aliphatic carbocycles. The van der Waals surface area contributed by atoms with E-state index >= 15 is 0 Å². The molecule has 0 saturated carbocycles. The van der Waals surface area contributed by atoms with Gasteiger partial charge in [-0.1, -0.05) is 24.3 Å². The number of halogens is 3. The van der Waals surface area contributed by atoms with Gasteiger partial charge in [0.15, 0.2) is 0 Å². The molecule has 8 heteroatoms. The lowest BCUT2D eigenvalue weighted by Gasteiger charge is -2.28. The molecule has 0 saturated heterocycles. The van der Waals surface area contributed by atoms with Gasteiger partial charge in [-0.25, -0.2) is 4.98 Å². The van der Waals surface area contributed by atoms with E-state index in [0.29, 0.717) is 43.1 Å². The number of benzene rings is 2. The molecule has 5 nitrogen and oxygen atoms in total. The number of alkyl halides is 3. The van der Waals surface area contributed by atoms with Crippen molar-refractivity contribution in [3.05, 3.63) is 80.8 Å². The highest BCUT2D eigenvalue weighted by atomic mass is 19.4. The highest BCUT2D eigenvalue weighted by Crippen LogP contribution is 2.30. The van der Waals surface area contributed by atoms with Crippen LogP contribution in [-0.2, 0) is 19.1 Å². The Balaban J connectivity index is 1.50. The second-order valence-corrected chi connectivity index (χ2v) is 7.69. The number of nitrogens with zero attached hydrogens (tertiary/aromatic N) is 2. The third kappa shape index (κ3) is 4.49. The molecule has 0 spiro atoms. The third-order valence-corrected chi connectivity index (χ3v) is 5.59. The number of hydrogen-bond acceptors (Lipinski definition) is 4. The summed E-state index contributed by atoms with van der Waals surface area (Å²) in [6, 6.07) is 10.5. The van der Waals surface area contributed by atoms with E-state index in [1.165, 1.54) is 12.1 Å². The first-order valence-electron chi connectivity index (χ1n) is 9.93. The van der Waals surface area contributed by atoms with Crippen molar-refractivity contribution in [3.8, 4) is 17.1 Å². The fourth-order valence-electron chi connectivity index (χ4n) is 3.59. The van der Waals surface area contributed by atoms with Crippen LogP contribution in [0.15, 0.2) is 47.3 Å². The third-order valence-electron chi connectivity index (χ3n) is 5.59. The van der Waals surface area contributed by atoms with E-state index in [-0.39, 0.29) is 11.4 Å². The van der Waals surface area contributed by atoms with Gasteiger partial charge in [0.1, 0.15) is 18.3 Å². The number of H-pyrrole nitrogens is 1.